The lowest BCUT2D eigenvalue weighted by Gasteiger charge is -2.36. The normalized spacial score (nSPS) is 15.5. The summed E-state index contributed by atoms with van der Waals surface area (Å²) >= 11 is 0. The van der Waals surface area contributed by atoms with Crippen LogP contribution in [0.2, 0.25) is 0 Å². The zero-order valence-electron chi connectivity index (χ0n) is 29.8. The molecule has 1 atom stereocenters. The summed E-state index contributed by atoms with van der Waals surface area (Å²) in [5.41, 5.74) is 4.57. The molecule has 1 saturated heterocycles. The lowest BCUT2D eigenvalue weighted by molar-refractivity contribution is 0.0544. The van der Waals surface area contributed by atoms with E-state index in [1.54, 1.807) is 33.8 Å². The number of aliphatic hydroxyl groups is 1. The molecular weight excluding hydrogens is 644 g/mol. The number of aromatic nitrogens is 4. The molecule has 51 heavy (non-hydrogen) atoms. The van der Waals surface area contributed by atoms with E-state index >= 15 is 0 Å². The molecule has 3 amide bonds. The number of hydrogen-bond donors (Lipinski definition) is 2. The highest BCUT2D eigenvalue weighted by Crippen LogP contribution is 2.29. The van der Waals surface area contributed by atoms with Crippen LogP contribution in [0.5, 0.6) is 0 Å². The molecule has 0 spiro atoms. The topological polar surface area (TPSA) is 137 Å². The van der Waals surface area contributed by atoms with E-state index in [-0.39, 0.29) is 24.0 Å². The first-order chi connectivity index (χ1) is 24.8. The molecule has 2 aliphatic heterocycles. The first-order valence-electron chi connectivity index (χ1n) is 18.2. The van der Waals surface area contributed by atoms with Gasteiger partial charge in [-0.15, -0.1) is 0 Å². The van der Waals surface area contributed by atoms with Crippen LogP contribution in [0, 0.1) is 6.92 Å². The maximum atomic E-state index is 14.6. The second-order valence-corrected chi connectivity index (χ2v) is 13.5. The van der Waals surface area contributed by atoms with Gasteiger partial charge in [-0.3, -0.25) is 14.4 Å². The molecule has 2 aromatic heterocycles. The third-order valence-corrected chi connectivity index (χ3v) is 9.79. The predicted molar refractivity (Wildman–Crippen MR) is 196 cm³/mol. The quantitative estimate of drug-likeness (QED) is 0.190. The number of aryl methyl sites for hydroxylation is 1. The summed E-state index contributed by atoms with van der Waals surface area (Å²) in [4.78, 5) is 56.2. The zero-order valence-corrected chi connectivity index (χ0v) is 29.8. The fourth-order valence-electron chi connectivity index (χ4n) is 6.83. The highest BCUT2D eigenvalue weighted by atomic mass is 16.3. The van der Waals surface area contributed by atoms with Gasteiger partial charge >= 0.3 is 0 Å². The maximum Gasteiger partial charge on any atom is 0.274 e. The molecule has 12 nitrogen and oxygen atoms in total. The van der Waals surface area contributed by atoms with E-state index in [1.165, 1.54) is 12.4 Å². The average Bonchev–Trinajstić information content (AvgIpc) is 3.84. The molecular formula is C39H48N8O4. The van der Waals surface area contributed by atoms with Gasteiger partial charge in [0.25, 0.3) is 17.7 Å². The van der Waals surface area contributed by atoms with E-state index in [0.29, 0.717) is 60.3 Å². The molecule has 0 saturated carbocycles. The van der Waals surface area contributed by atoms with Gasteiger partial charge in [0.1, 0.15) is 0 Å². The van der Waals surface area contributed by atoms with Crippen molar-refractivity contribution in [3.05, 3.63) is 94.6 Å². The Bertz CT molecular complexity index is 1840. The summed E-state index contributed by atoms with van der Waals surface area (Å²) in [6, 6.07) is 14.3. The fourth-order valence-corrected chi connectivity index (χ4v) is 6.83. The van der Waals surface area contributed by atoms with Gasteiger partial charge in [-0.05, 0) is 74.4 Å². The van der Waals surface area contributed by atoms with Gasteiger partial charge in [0.2, 0.25) is 5.95 Å². The first kappa shape index (κ1) is 35.7. The Morgan fingerprint density at radius 2 is 1.63 bits per heavy atom. The van der Waals surface area contributed by atoms with E-state index in [9.17, 15) is 19.5 Å². The first-order valence-corrected chi connectivity index (χ1v) is 18.2. The molecule has 268 valence electrons. The van der Waals surface area contributed by atoms with Gasteiger partial charge in [-0.25, -0.2) is 14.6 Å². The molecule has 4 heterocycles. The van der Waals surface area contributed by atoms with Crippen LogP contribution in [0.15, 0.2) is 60.9 Å². The molecule has 6 rings (SSSR count). The summed E-state index contributed by atoms with van der Waals surface area (Å²) in [7, 11) is 0. The van der Waals surface area contributed by atoms with E-state index in [4.69, 9.17) is 5.10 Å². The van der Waals surface area contributed by atoms with Crippen LogP contribution in [0.4, 0.5) is 11.6 Å². The number of carbonyl (C=O) groups excluding carboxylic acids is 3. The summed E-state index contributed by atoms with van der Waals surface area (Å²) in [5, 5.41) is 18.1. The summed E-state index contributed by atoms with van der Waals surface area (Å²) in [6.07, 6.45) is 9.50. The van der Waals surface area contributed by atoms with Crippen LogP contribution < -0.4 is 10.2 Å². The second kappa shape index (κ2) is 16.3. The Balaban J connectivity index is 1.34. The number of unbranched alkanes of at least 4 members (excludes halogenated alkanes) is 2. The summed E-state index contributed by atoms with van der Waals surface area (Å²) in [5.74, 6) is -0.254. The van der Waals surface area contributed by atoms with Gasteiger partial charge < -0.3 is 25.1 Å². The largest absolute Gasteiger partial charge is 0.394 e. The van der Waals surface area contributed by atoms with Crippen molar-refractivity contribution in [2.75, 3.05) is 43.0 Å². The fraction of sp³-hybridized carbons (Fsp3) is 0.436. The minimum atomic E-state index is -0.439. The van der Waals surface area contributed by atoms with Crippen molar-refractivity contribution in [2.45, 2.75) is 78.3 Å². The highest BCUT2D eigenvalue weighted by Gasteiger charge is 2.32. The molecule has 0 aliphatic carbocycles. The molecule has 2 aliphatic rings. The molecule has 0 unspecified atom stereocenters. The van der Waals surface area contributed by atoms with Crippen molar-refractivity contribution in [1.29, 1.82) is 0 Å². The van der Waals surface area contributed by atoms with Crippen molar-refractivity contribution in [2.24, 2.45) is 0 Å². The number of amides is 3. The molecule has 2 aromatic carbocycles. The number of fused-ring (bicyclic) bond motifs is 1. The minimum absolute atomic E-state index is 0.138. The molecule has 12 heteroatoms. The lowest BCUT2D eigenvalue weighted by atomic mass is 9.93. The highest BCUT2D eigenvalue weighted by molar-refractivity contribution is 6.05. The predicted octanol–water partition coefficient (Wildman–Crippen LogP) is 5.43. The van der Waals surface area contributed by atoms with E-state index in [1.807, 2.05) is 36.1 Å². The zero-order chi connectivity index (χ0) is 35.9. The Hall–Kier alpha value is -5.10. The standard InChI is InChI=1S/C39H48N8O4/c1-4-6-16-44(17-7-5-2)38(51)34-20-27(3)47(43-34)35-15-14-31(42-36(49)30-23-40-39(41-24-30)45-18-10-11-19-45)22-33(35)37(50)46-25-29-13-9-8-12-28(29)21-32(46)26-48/h8-9,12-15,20,22-24,32,48H,4-7,10-11,16-19,21,25-26H2,1-3H3,(H,42,49)/t32-/m0/s1. The molecule has 0 bridgehead atoms. The maximum absolute atomic E-state index is 14.6. The van der Waals surface area contributed by atoms with Crippen molar-refractivity contribution in [3.8, 4) is 5.69 Å². The van der Waals surface area contributed by atoms with Gasteiger partial charge in [-0.1, -0.05) is 51.0 Å². The number of nitrogens with zero attached hydrogens (tertiary/aromatic N) is 7. The Morgan fingerprint density at radius 1 is 0.941 bits per heavy atom. The monoisotopic (exact) mass is 692 g/mol. The third-order valence-electron chi connectivity index (χ3n) is 9.79. The van der Waals surface area contributed by atoms with Gasteiger partial charge in [-0.2, -0.15) is 5.10 Å². The van der Waals surface area contributed by atoms with Crippen molar-refractivity contribution in [1.82, 2.24) is 29.5 Å². The van der Waals surface area contributed by atoms with Gasteiger partial charge in [0.05, 0.1) is 29.5 Å². The number of rotatable bonds is 13. The number of benzene rings is 2. The number of hydrogen-bond acceptors (Lipinski definition) is 8. The smallest absolute Gasteiger partial charge is 0.274 e. The van der Waals surface area contributed by atoms with Gasteiger partial charge in [0, 0.05) is 56.5 Å². The van der Waals surface area contributed by atoms with E-state index in [0.717, 1.165) is 62.7 Å². The Kier molecular flexibility index (Phi) is 11.4. The van der Waals surface area contributed by atoms with Crippen LogP contribution in [-0.2, 0) is 13.0 Å². The minimum Gasteiger partial charge on any atom is -0.394 e. The van der Waals surface area contributed by atoms with Crippen LogP contribution in [0.25, 0.3) is 5.69 Å². The van der Waals surface area contributed by atoms with E-state index in [2.05, 4.69) is 34.0 Å². The lowest BCUT2D eigenvalue weighted by Crippen LogP contribution is -2.46. The SMILES string of the molecule is CCCCN(CCCC)C(=O)c1cc(C)n(-c2ccc(NC(=O)c3cnc(N4CCCC4)nc3)cc2C(=O)N2Cc3ccccc3C[C@H]2CO)n1. The molecule has 1 fully saturated rings. The van der Waals surface area contributed by atoms with E-state index < -0.39 is 11.9 Å². The van der Waals surface area contributed by atoms with Crippen LogP contribution >= 0.6 is 0 Å². The number of nitrogens with one attached hydrogen (secondary N) is 1. The third kappa shape index (κ3) is 7.96. The second-order valence-electron chi connectivity index (χ2n) is 13.5. The Morgan fingerprint density at radius 3 is 2.29 bits per heavy atom. The average molecular weight is 693 g/mol. The molecule has 2 N–H and O–H groups in total. The number of anilines is 2. The number of carbonyl (C=O) groups is 3. The van der Waals surface area contributed by atoms with Crippen LogP contribution in [0.1, 0.15) is 100 Å². The molecule has 0 radical (unpaired) electrons. The van der Waals surface area contributed by atoms with Gasteiger partial charge in [0.15, 0.2) is 5.69 Å². The molecule has 4 aromatic rings. The van der Waals surface area contributed by atoms with Crippen molar-refractivity contribution >= 4 is 29.4 Å². The van der Waals surface area contributed by atoms with Crippen LogP contribution in [-0.4, -0.2) is 91.2 Å². The Labute approximate surface area is 299 Å². The number of aliphatic hydroxyl groups excluding tert-OH is 1. The van der Waals surface area contributed by atoms with Crippen molar-refractivity contribution in [3.63, 3.8) is 0 Å². The van der Waals surface area contributed by atoms with Crippen LogP contribution in [0.3, 0.4) is 0 Å². The van der Waals surface area contributed by atoms with Crippen molar-refractivity contribution < 1.29 is 19.5 Å². The summed E-state index contributed by atoms with van der Waals surface area (Å²) < 4.78 is 1.63. The summed E-state index contributed by atoms with van der Waals surface area (Å²) in [6.45, 7) is 9.29.